The smallest absolute Gasteiger partial charge is 0.178 e. The molecule has 0 radical (unpaired) electrons. The molecule has 1 unspecified atom stereocenters. The number of aromatic nitrogens is 3. The molecule has 0 aliphatic carbocycles. The summed E-state index contributed by atoms with van der Waals surface area (Å²) >= 11 is 7.26. The summed E-state index contributed by atoms with van der Waals surface area (Å²) in [6.45, 7) is 2.18. The van der Waals surface area contributed by atoms with E-state index in [0.29, 0.717) is 0 Å². The van der Waals surface area contributed by atoms with Crippen LogP contribution in [0.5, 0.6) is 0 Å². The lowest BCUT2D eigenvalue weighted by Crippen LogP contribution is -2.06. The molecular weight excluding hydrogens is 298 g/mol. The Morgan fingerprint density at radius 1 is 1.29 bits per heavy atom. The van der Waals surface area contributed by atoms with Gasteiger partial charge in [-0.1, -0.05) is 18.2 Å². The van der Waals surface area contributed by atoms with Crippen molar-refractivity contribution in [3.63, 3.8) is 0 Å². The van der Waals surface area contributed by atoms with Gasteiger partial charge in [-0.2, -0.15) is 11.3 Å². The number of para-hydroxylation sites is 1. The molecule has 4 rings (SSSR count). The Labute approximate surface area is 130 Å². The maximum atomic E-state index is 5.55. The molecule has 21 heavy (non-hydrogen) atoms. The van der Waals surface area contributed by atoms with Gasteiger partial charge in [-0.25, -0.2) is 0 Å². The summed E-state index contributed by atoms with van der Waals surface area (Å²) in [4.78, 5) is 7.78. The molecule has 1 aromatic carbocycles. The first kappa shape index (κ1) is 12.7. The predicted molar refractivity (Wildman–Crippen MR) is 90.6 cm³/mol. The van der Waals surface area contributed by atoms with Crippen LogP contribution in [0.15, 0.2) is 47.3 Å². The number of thiophene rings is 1. The number of rotatable bonds is 2. The van der Waals surface area contributed by atoms with Crippen molar-refractivity contribution in [3.05, 3.63) is 57.6 Å². The standard InChI is InChI=1S/C16H13N3S2/c1-10(11-6-7-21-9-11)19-15-12-4-2-3-5-13(12)17-8-14(15)18-16(19)20/h2-10H,1H3,(H,18,20). The molecule has 0 aliphatic rings. The van der Waals surface area contributed by atoms with Gasteiger partial charge in [0.15, 0.2) is 4.77 Å². The maximum absolute atomic E-state index is 5.55. The number of aromatic amines is 1. The Balaban J connectivity index is 2.10. The molecule has 1 atom stereocenters. The van der Waals surface area contributed by atoms with Crippen molar-refractivity contribution in [1.29, 1.82) is 0 Å². The number of pyridine rings is 1. The van der Waals surface area contributed by atoms with Crippen molar-refractivity contribution >= 4 is 45.5 Å². The summed E-state index contributed by atoms with van der Waals surface area (Å²) in [5, 5.41) is 5.41. The van der Waals surface area contributed by atoms with Crippen molar-refractivity contribution in [2.24, 2.45) is 0 Å². The number of nitrogens with zero attached hydrogens (tertiary/aromatic N) is 2. The molecule has 104 valence electrons. The third-order valence-corrected chi connectivity index (χ3v) is 4.86. The number of nitrogens with one attached hydrogen (secondary N) is 1. The van der Waals surface area contributed by atoms with Crippen LogP contribution in [0.1, 0.15) is 18.5 Å². The van der Waals surface area contributed by atoms with Crippen molar-refractivity contribution < 1.29 is 0 Å². The van der Waals surface area contributed by atoms with E-state index in [2.05, 4.69) is 44.4 Å². The van der Waals surface area contributed by atoms with E-state index in [-0.39, 0.29) is 6.04 Å². The van der Waals surface area contributed by atoms with E-state index in [1.165, 1.54) is 5.56 Å². The summed E-state index contributed by atoms with van der Waals surface area (Å²) < 4.78 is 2.93. The quantitative estimate of drug-likeness (QED) is 0.533. The summed E-state index contributed by atoms with van der Waals surface area (Å²) in [5.74, 6) is 0. The van der Waals surface area contributed by atoms with Crippen molar-refractivity contribution in [2.45, 2.75) is 13.0 Å². The van der Waals surface area contributed by atoms with Crippen LogP contribution < -0.4 is 0 Å². The first-order chi connectivity index (χ1) is 10.3. The van der Waals surface area contributed by atoms with E-state index in [4.69, 9.17) is 12.2 Å². The van der Waals surface area contributed by atoms with Gasteiger partial charge in [-0.05, 0) is 47.6 Å². The predicted octanol–water partition coefficient (Wildman–Crippen LogP) is 4.92. The number of hydrogen-bond acceptors (Lipinski definition) is 3. The minimum absolute atomic E-state index is 0.198. The molecule has 0 bridgehead atoms. The maximum Gasteiger partial charge on any atom is 0.178 e. The van der Waals surface area contributed by atoms with Crippen LogP contribution in [0.2, 0.25) is 0 Å². The number of imidazole rings is 1. The highest BCUT2D eigenvalue weighted by atomic mass is 32.1. The lowest BCUT2D eigenvalue weighted by molar-refractivity contribution is 0.653. The fourth-order valence-electron chi connectivity index (χ4n) is 2.79. The normalized spacial score (nSPS) is 13.0. The molecule has 4 aromatic rings. The average Bonchev–Trinajstić information content (AvgIpc) is 3.13. The van der Waals surface area contributed by atoms with E-state index < -0.39 is 0 Å². The number of hydrogen-bond donors (Lipinski definition) is 1. The van der Waals surface area contributed by atoms with E-state index in [1.54, 1.807) is 11.3 Å². The van der Waals surface area contributed by atoms with Gasteiger partial charge < -0.3 is 9.55 Å². The van der Waals surface area contributed by atoms with Crippen molar-refractivity contribution in [3.8, 4) is 0 Å². The molecule has 0 aliphatic heterocycles. The van der Waals surface area contributed by atoms with Crippen molar-refractivity contribution in [1.82, 2.24) is 14.5 Å². The minimum atomic E-state index is 0.198. The highest BCUT2D eigenvalue weighted by molar-refractivity contribution is 7.71. The van der Waals surface area contributed by atoms with Gasteiger partial charge in [0.05, 0.1) is 28.8 Å². The Morgan fingerprint density at radius 3 is 2.95 bits per heavy atom. The third-order valence-electron chi connectivity index (χ3n) is 3.86. The second-order valence-corrected chi connectivity index (χ2v) is 6.24. The molecule has 5 heteroatoms. The van der Waals surface area contributed by atoms with Gasteiger partial charge in [-0.15, -0.1) is 0 Å². The van der Waals surface area contributed by atoms with Gasteiger partial charge in [0.1, 0.15) is 0 Å². The van der Waals surface area contributed by atoms with Gasteiger partial charge in [0.2, 0.25) is 0 Å². The molecule has 0 saturated heterocycles. The van der Waals surface area contributed by atoms with Crippen LogP contribution in [-0.2, 0) is 0 Å². The second-order valence-electron chi connectivity index (χ2n) is 5.07. The van der Waals surface area contributed by atoms with Crippen LogP contribution in [0.3, 0.4) is 0 Å². The number of fused-ring (bicyclic) bond motifs is 3. The Hall–Kier alpha value is -1.98. The zero-order valence-electron chi connectivity index (χ0n) is 11.4. The monoisotopic (exact) mass is 311 g/mol. The second kappa shape index (κ2) is 4.79. The van der Waals surface area contributed by atoms with E-state index in [0.717, 1.165) is 26.7 Å². The highest BCUT2D eigenvalue weighted by Gasteiger charge is 2.15. The largest absolute Gasteiger partial charge is 0.329 e. The van der Waals surface area contributed by atoms with Gasteiger partial charge >= 0.3 is 0 Å². The minimum Gasteiger partial charge on any atom is -0.329 e. The molecule has 1 N–H and O–H groups in total. The molecule has 3 aromatic heterocycles. The Bertz CT molecular complexity index is 980. The Morgan fingerprint density at radius 2 is 2.14 bits per heavy atom. The lowest BCUT2D eigenvalue weighted by Gasteiger charge is -2.14. The average molecular weight is 311 g/mol. The molecule has 0 saturated carbocycles. The molecule has 0 spiro atoms. The number of benzene rings is 1. The SMILES string of the molecule is CC(c1ccsc1)n1c(=S)[nH]c2cnc3ccccc3c21. The Kier molecular flexibility index (Phi) is 2.90. The van der Waals surface area contributed by atoms with E-state index in [9.17, 15) is 0 Å². The van der Waals surface area contributed by atoms with Crippen LogP contribution in [0, 0.1) is 4.77 Å². The third kappa shape index (κ3) is 1.92. The summed E-state index contributed by atoms with van der Waals surface area (Å²) in [5.41, 5.74) is 4.38. The molecule has 0 fully saturated rings. The van der Waals surface area contributed by atoms with Crippen LogP contribution >= 0.6 is 23.6 Å². The molecule has 3 heterocycles. The lowest BCUT2D eigenvalue weighted by atomic mass is 10.1. The van der Waals surface area contributed by atoms with Crippen LogP contribution in [0.4, 0.5) is 0 Å². The first-order valence-electron chi connectivity index (χ1n) is 6.76. The van der Waals surface area contributed by atoms with Crippen LogP contribution in [-0.4, -0.2) is 14.5 Å². The van der Waals surface area contributed by atoms with Crippen molar-refractivity contribution in [2.75, 3.05) is 0 Å². The van der Waals surface area contributed by atoms with Gasteiger partial charge in [-0.3, -0.25) is 4.98 Å². The van der Waals surface area contributed by atoms with Crippen LogP contribution in [0.25, 0.3) is 21.9 Å². The highest BCUT2D eigenvalue weighted by Crippen LogP contribution is 2.29. The number of H-pyrrole nitrogens is 1. The van der Waals surface area contributed by atoms with E-state index >= 15 is 0 Å². The van der Waals surface area contributed by atoms with Gasteiger partial charge in [0, 0.05) is 5.39 Å². The molecular formula is C16H13N3S2. The molecule has 0 amide bonds. The zero-order chi connectivity index (χ0) is 14.4. The molecule has 3 nitrogen and oxygen atoms in total. The summed E-state index contributed by atoms with van der Waals surface area (Å²) in [7, 11) is 0. The summed E-state index contributed by atoms with van der Waals surface area (Å²) in [6, 6.07) is 10.5. The topological polar surface area (TPSA) is 33.6 Å². The first-order valence-corrected chi connectivity index (χ1v) is 8.11. The van der Waals surface area contributed by atoms with E-state index in [1.807, 2.05) is 24.4 Å². The fourth-order valence-corrected chi connectivity index (χ4v) is 3.89. The summed E-state index contributed by atoms with van der Waals surface area (Å²) in [6.07, 6.45) is 1.87. The zero-order valence-corrected chi connectivity index (χ0v) is 13.0. The van der Waals surface area contributed by atoms with Gasteiger partial charge in [0.25, 0.3) is 0 Å². The fraction of sp³-hybridized carbons (Fsp3) is 0.125.